The van der Waals surface area contributed by atoms with Gasteiger partial charge in [-0.2, -0.15) is 0 Å². The van der Waals surface area contributed by atoms with Crippen molar-refractivity contribution >= 4 is 17.9 Å². The number of hydrogen-bond donors (Lipinski definition) is 1. The molecule has 4 atom stereocenters. The lowest BCUT2D eigenvalue weighted by Crippen LogP contribution is -2.55. The number of carbonyl (C=O) groups is 1. The average molecular weight is 407 g/mol. The molecular formula is C22H31FN2O2S. The van der Waals surface area contributed by atoms with Gasteiger partial charge in [-0.1, -0.05) is 50.1 Å². The fraction of sp³-hybridized carbons (Fsp3) is 0.591. The van der Waals surface area contributed by atoms with Gasteiger partial charge in [0.15, 0.2) is 0 Å². The number of likely N-dealkylation sites (tertiary alicyclic amines) is 1. The predicted molar refractivity (Wildman–Crippen MR) is 112 cm³/mol. The van der Waals surface area contributed by atoms with Gasteiger partial charge in [-0.3, -0.25) is 4.79 Å². The van der Waals surface area contributed by atoms with Gasteiger partial charge in [-0.15, -0.1) is 0 Å². The SMILES string of the molecule is CC(C)C(=O)N1CC[C@]2(O)C=CC(SN(C)[C@@H](C)c3ccc(F)cc3)CC2C1. The van der Waals surface area contributed by atoms with Crippen molar-refractivity contribution in [3.8, 4) is 0 Å². The van der Waals surface area contributed by atoms with E-state index in [1.807, 2.05) is 44.0 Å². The van der Waals surface area contributed by atoms with Crippen LogP contribution < -0.4 is 0 Å². The van der Waals surface area contributed by atoms with Crippen molar-refractivity contribution in [2.45, 2.75) is 50.5 Å². The number of carbonyl (C=O) groups excluding carboxylic acids is 1. The number of fused-ring (bicyclic) bond motifs is 1. The number of nitrogens with zero attached hydrogens (tertiary/aromatic N) is 2. The van der Waals surface area contributed by atoms with E-state index in [9.17, 15) is 14.3 Å². The summed E-state index contributed by atoms with van der Waals surface area (Å²) in [5, 5.41) is 11.3. The van der Waals surface area contributed by atoms with E-state index in [1.165, 1.54) is 12.1 Å². The molecule has 154 valence electrons. The fourth-order valence-electron chi connectivity index (χ4n) is 4.06. The van der Waals surface area contributed by atoms with Crippen molar-refractivity contribution in [1.82, 2.24) is 9.21 Å². The van der Waals surface area contributed by atoms with Crippen LogP contribution in [0.3, 0.4) is 0 Å². The van der Waals surface area contributed by atoms with Crippen molar-refractivity contribution in [2.75, 3.05) is 20.1 Å². The van der Waals surface area contributed by atoms with Crippen LogP contribution in [-0.2, 0) is 4.79 Å². The number of rotatable bonds is 5. The molecule has 3 rings (SSSR count). The lowest BCUT2D eigenvalue weighted by molar-refractivity contribution is -0.141. The van der Waals surface area contributed by atoms with Crippen LogP contribution in [0.15, 0.2) is 36.4 Å². The third kappa shape index (κ3) is 4.61. The van der Waals surface area contributed by atoms with Gasteiger partial charge < -0.3 is 10.0 Å². The first-order chi connectivity index (χ1) is 13.2. The molecule has 0 spiro atoms. The average Bonchev–Trinajstić information content (AvgIpc) is 2.67. The van der Waals surface area contributed by atoms with Crippen molar-refractivity contribution in [3.63, 3.8) is 0 Å². The number of aliphatic hydroxyl groups is 1. The first-order valence-electron chi connectivity index (χ1n) is 10.0. The van der Waals surface area contributed by atoms with Crippen LogP contribution in [0.4, 0.5) is 4.39 Å². The minimum Gasteiger partial charge on any atom is -0.385 e. The van der Waals surface area contributed by atoms with Gasteiger partial charge in [-0.05, 0) is 44.5 Å². The molecule has 0 saturated carbocycles. The minimum atomic E-state index is -0.800. The first kappa shape index (κ1) is 21.3. The molecule has 1 aromatic rings. The highest BCUT2D eigenvalue weighted by molar-refractivity contribution is 7.97. The van der Waals surface area contributed by atoms with Gasteiger partial charge in [0.05, 0.1) is 5.60 Å². The van der Waals surface area contributed by atoms with E-state index in [2.05, 4.69) is 17.3 Å². The summed E-state index contributed by atoms with van der Waals surface area (Å²) in [6.07, 6.45) is 5.49. The number of benzene rings is 1. The lowest BCUT2D eigenvalue weighted by Gasteiger charge is -2.47. The Labute approximate surface area is 171 Å². The summed E-state index contributed by atoms with van der Waals surface area (Å²) in [5.74, 6) is -0.0134. The summed E-state index contributed by atoms with van der Waals surface area (Å²) < 4.78 is 15.4. The Kier molecular flexibility index (Phi) is 6.52. The van der Waals surface area contributed by atoms with E-state index in [0.29, 0.717) is 19.5 Å². The Morgan fingerprint density at radius 3 is 2.64 bits per heavy atom. The summed E-state index contributed by atoms with van der Waals surface area (Å²) in [6, 6.07) is 6.78. The molecule has 0 bridgehead atoms. The Bertz CT molecular complexity index is 724. The molecule has 1 amide bonds. The van der Waals surface area contributed by atoms with Crippen molar-refractivity contribution in [3.05, 3.63) is 47.8 Å². The van der Waals surface area contributed by atoms with Gasteiger partial charge in [0.25, 0.3) is 0 Å². The van der Waals surface area contributed by atoms with E-state index in [4.69, 9.17) is 0 Å². The lowest BCUT2D eigenvalue weighted by atomic mass is 9.75. The molecule has 6 heteroatoms. The third-order valence-corrected chi connectivity index (χ3v) is 7.32. The van der Waals surface area contributed by atoms with E-state index < -0.39 is 5.60 Å². The summed E-state index contributed by atoms with van der Waals surface area (Å²) in [6.45, 7) is 7.19. The summed E-state index contributed by atoms with van der Waals surface area (Å²) in [7, 11) is 2.04. The second-order valence-electron chi connectivity index (χ2n) is 8.39. The normalized spacial score (nSPS) is 28.5. The summed E-state index contributed by atoms with van der Waals surface area (Å²) in [5.41, 5.74) is 0.269. The molecule has 1 N–H and O–H groups in total. The third-order valence-electron chi connectivity index (χ3n) is 6.05. The minimum absolute atomic E-state index is 0.0156. The molecule has 4 nitrogen and oxygen atoms in total. The first-order valence-corrected chi connectivity index (χ1v) is 10.9. The maximum Gasteiger partial charge on any atom is 0.225 e. The van der Waals surface area contributed by atoms with Gasteiger partial charge in [0.1, 0.15) is 5.82 Å². The van der Waals surface area contributed by atoms with Crippen LogP contribution in [0.2, 0.25) is 0 Å². The zero-order valence-corrected chi connectivity index (χ0v) is 18.0. The van der Waals surface area contributed by atoms with Crippen molar-refractivity contribution < 1.29 is 14.3 Å². The number of amides is 1. The van der Waals surface area contributed by atoms with Crippen LogP contribution in [0.1, 0.15) is 45.2 Å². The molecule has 2 aliphatic rings. The second-order valence-corrected chi connectivity index (χ2v) is 9.78. The van der Waals surface area contributed by atoms with Gasteiger partial charge in [0.2, 0.25) is 5.91 Å². The Balaban J connectivity index is 1.64. The maximum absolute atomic E-state index is 13.2. The van der Waals surface area contributed by atoms with Crippen molar-refractivity contribution in [1.29, 1.82) is 0 Å². The number of hydrogen-bond acceptors (Lipinski definition) is 4. The van der Waals surface area contributed by atoms with Gasteiger partial charge in [0, 0.05) is 36.2 Å². The second kappa shape index (κ2) is 8.56. The molecule has 1 aliphatic heterocycles. The molecule has 0 radical (unpaired) electrons. The van der Waals surface area contributed by atoms with Crippen LogP contribution in [0.5, 0.6) is 0 Å². The van der Waals surface area contributed by atoms with Crippen LogP contribution in [0, 0.1) is 17.7 Å². The van der Waals surface area contributed by atoms with E-state index in [1.54, 1.807) is 11.9 Å². The van der Waals surface area contributed by atoms with Gasteiger partial charge in [-0.25, -0.2) is 8.70 Å². The molecule has 1 aliphatic carbocycles. The Morgan fingerprint density at radius 2 is 2.00 bits per heavy atom. The highest BCUT2D eigenvalue weighted by Crippen LogP contribution is 2.41. The molecule has 0 aromatic heterocycles. The summed E-state index contributed by atoms with van der Waals surface area (Å²) >= 11 is 1.74. The highest BCUT2D eigenvalue weighted by Gasteiger charge is 2.44. The van der Waals surface area contributed by atoms with E-state index in [-0.39, 0.29) is 34.9 Å². The number of piperidine rings is 1. The summed E-state index contributed by atoms with van der Waals surface area (Å²) in [4.78, 5) is 14.3. The van der Waals surface area contributed by atoms with Crippen LogP contribution >= 0.6 is 11.9 Å². The molecule has 28 heavy (non-hydrogen) atoms. The largest absolute Gasteiger partial charge is 0.385 e. The van der Waals surface area contributed by atoms with Crippen molar-refractivity contribution in [2.24, 2.45) is 11.8 Å². The Morgan fingerprint density at radius 1 is 1.32 bits per heavy atom. The topological polar surface area (TPSA) is 43.8 Å². The molecule has 1 fully saturated rings. The quantitative estimate of drug-likeness (QED) is 0.592. The zero-order valence-electron chi connectivity index (χ0n) is 17.1. The van der Waals surface area contributed by atoms with Gasteiger partial charge >= 0.3 is 0 Å². The number of halogens is 1. The maximum atomic E-state index is 13.2. The molecule has 1 heterocycles. The molecular weight excluding hydrogens is 375 g/mol. The van der Waals surface area contributed by atoms with E-state index in [0.717, 1.165) is 12.0 Å². The monoisotopic (exact) mass is 406 g/mol. The fourth-order valence-corrected chi connectivity index (χ4v) is 5.26. The van der Waals surface area contributed by atoms with Crippen LogP contribution in [0.25, 0.3) is 0 Å². The smallest absolute Gasteiger partial charge is 0.225 e. The molecule has 1 saturated heterocycles. The zero-order chi connectivity index (χ0) is 20.5. The predicted octanol–water partition coefficient (Wildman–Crippen LogP) is 4.03. The Hall–Kier alpha value is -1.37. The van der Waals surface area contributed by atoms with Crippen LogP contribution in [-0.4, -0.2) is 51.2 Å². The highest BCUT2D eigenvalue weighted by atomic mass is 32.2. The molecule has 1 aromatic carbocycles. The molecule has 2 unspecified atom stereocenters. The van der Waals surface area contributed by atoms with E-state index >= 15 is 0 Å². The standard InChI is InChI=1S/C22H31FN2O2S/c1-15(2)21(26)25-12-11-22(27)10-9-20(13-18(22)14-25)28-24(4)16(3)17-5-7-19(23)8-6-17/h5-10,15-16,18,20,27H,11-14H2,1-4H3/t16-,18?,20?,22+/m0/s1.